The Morgan fingerprint density at radius 1 is 1.11 bits per heavy atom. The van der Waals surface area contributed by atoms with E-state index in [1.165, 1.54) is 5.56 Å². The van der Waals surface area contributed by atoms with Gasteiger partial charge in [0.25, 0.3) is 0 Å². The largest absolute Gasteiger partial charge is 0.482 e. The molecule has 0 radical (unpaired) electrons. The summed E-state index contributed by atoms with van der Waals surface area (Å²) in [4.78, 5) is 4.92. The molecule has 1 aliphatic rings. The molecule has 5 heteroatoms. The molecule has 1 atom stereocenters. The van der Waals surface area contributed by atoms with Gasteiger partial charge in [-0.1, -0.05) is 48.9 Å². The molecule has 4 aromatic rings. The fourth-order valence-electron chi connectivity index (χ4n) is 4.09. The highest BCUT2D eigenvalue weighted by atomic mass is 16.5. The predicted octanol–water partition coefficient (Wildman–Crippen LogP) is 5.20. The molecule has 5 nitrogen and oxygen atoms in total. The number of benzene rings is 2. The van der Waals surface area contributed by atoms with Crippen LogP contribution in [0.25, 0.3) is 33.4 Å². The van der Waals surface area contributed by atoms with Crippen molar-refractivity contribution in [2.45, 2.75) is 32.8 Å². The first-order valence-electron chi connectivity index (χ1n) is 9.55. The number of pyridine rings is 1. The minimum Gasteiger partial charge on any atom is -0.482 e. The van der Waals surface area contributed by atoms with Gasteiger partial charge in [0.15, 0.2) is 5.65 Å². The van der Waals surface area contributed by atoms with E-state index in [0.29, 0.717) is 11.5 Å². The second kappa shape index (κ2) is 5.83. The Morgan fingerprint density at radius 3 is 2.61 bits per heavy atom. The Balaban J connectivity index is 1.98. The van der Waals surface area contributed by atoms with Crippen molar-refractivity contribution in [1.29, 1.82) is 0 Å². The minimum atomic E-state index is -0.519. The molecule has 0 saturated carbocycles. The third-order valence-electron chi connectivity index (χ3n) is 5.75. The van der Waals surface area contributed by atoms with Gasteiger partial charge in [0.2, 0.25) is 0 Å². The van der Waals surface area contributed by atoms with Crippen LogP contribution >= 0.6 is 0 Å². The van der Waals surface area contributed by atoms with E-state index in [4.69, 9.17) is 15.5 Å². The van der Waals surface area contributed by atoms with Gasteiger partial charge in [-0.25, -0.2) is 4.98 Å². The number of fused-ring (bicyclic) bond motifs is 4. The van der Waals surface area contributed by atoms with E-state index in [2.05, 4.69) is 61.3 Å². The van der Waals surface area contributed by atoms with Gasteiger partial charge in [-0.15, -0.1) is 0 Å². The van der Waals surface area contributed by atoms with Crippen molar-refractivity contribution in [3.63, 3.8) is 0 Å². The standard InChI is InChI=1S/C23H22N4O/c1-4-23(3)19-17(14-11-9-13(2)10-12-14)18-21(24)26-27-22(18)25-20(19)15-7-5-6-8-16(15)28-23/h5-12H,4H2,1-3H3,(H3,24,25,26,27). The van der Waals surface area contributed by atoms with E-state index in [9.17, 15) is 0 Å². The van der Waals surface area contributed by atoms with Crippen molar-refractivity contribution in [3.05, 3.63) is 59.7 Å². The van der Waals surface area contributed by atoms with Crippen molar-refractivity contribution < 1.29 is 4.74 Å². The van der Waals surface area contributed by atoms with E-state index in [1.54, 1.807) is 0 Å². The first-order chi connectivity index (χ1) is 13.5. The summed E-state index contributed by atoms with van der Waals surface area (Å²) in [5.41, 5.74) is 12.7. The lowest BCUT2D eigenvalue weighted by molar-refractivity contribution is 0.0800. The van der Waals surface area contributed by atoms with Crippen LogP contribution in [-0.2, 0) is 5.60 Å². The van der Waals surface area contributed by atoms with Gasteiger partial charge >= 0.3 is 0 Å². The summed E-state index contributed by atoms with van der Waals surface area (Å²) in [5, 5.41) is 8.14. The number of aromatic amines is 1. The molecule has 5 rings (SSSR count). The maximum absolute atomic E-state index is 6.53. The van der Waals surface area contributed by atoms with Gasteiger partial charge in [0, 0.05) is 16.7 Å². The van der Waals surface area contributed by atoms with Crippen molar-refractivity contribution >= 4 is 16.9 Å². The monoisotopic (exact) mass is 370 g/mol. The zero-order chi connectivity index (χ0) is 19.5. The number of nitrogens with one attached hydrogen (secondary N) is 1. The van der Waals surface area contributed by atoms with Gasteiger partial charge in [-0.05, 0) is 38.0 Å². The second-order valence-electron chi connectivity index (χ2n) is 7.59. The van der Waals surface area contributed by atoms with E-state index in [-0.39, 0.29) is 0 Å². The first kappa shape index (κ1) is 16.8. The van der Waals surface area contributed by atoms with E-state index < -0.39 is 5.60 Å². The van der Waals surface area contributed by atoms with Crippen LogP contribution in [0.4, 0.5) is 5.82 Å². The van der Waals surface area contributed by atoms with E-state index in [1.807, 2.05) is 18.2 Å². The molecular formula is C23H22N4O. The molecule has 3 heterocycles. The fourth-order valence-corrected chi connectivity index (χ4v) is 4.09. The number of aromatic nitrogens is 3. The van der Waals surface area contributed by atoms with Crippen molar-refractivity contribution in [2.75, 3.05) is 5.73 Å². The van der Waals surface area contributed by atoms with Crippen molar-refractivity contribution in [2.24, 2.45) is 0 Å². The molecule has 0 fully saturated rings. The molecule has 0 amide bonds. The highest BCUT2D eigenvalue weighted by Crippen LogP contribution is 2.51. The summed E-state index contributed by atoms with van der Waals surface area (Å²) >= 11 is 0. The number of hydrogen-bond donors (Lipinski definition) is 2. The molecule has 2 aromatic carbocycles. The quantitative estimate of drug-likeness (QED) is 0.508. The lowest BCUT2D eigenvalue weighted by Crippen LogP contribution is -2.33. The molecule has 1 aliphatic heterocycles. The summed E-state index contributed by atoms with van der Waals surface area (Å²) in [6.45, 7) is 6.35. The maximum Gasteiger partial charge on any atom is 0.184 e. The van der Waals surface area contributed by atoms with Gasteiger partial charge in [0.05, 0.1) is 11.1 Å². The summed E-state index contributed by atoms with van der Waals surface area (Å²) in [6, 6.07) is 16.6. The Bertz CT molecular complexity index is 1210. The van der Waals surface area contributed by atoms with Crippen LogP contribution in [0.1, 0.15) is 31.4 Å². The first-order valence-corrected chi connectivity index (χ1v) is 9.55. The normalized spacial score (nSPS) is 17.8. The number of nitrogen functional groups attached to an aromatic ring is 1. The Morgan fingerprint density at radius 2 is 1.86 bits per heavy atom. The van der Waals surface area contributed by atoms with Gasteiger partial charge < -0.3 is 10.5 Å². The number of H-pyrrole nitrogens is 1. The molecule has 2 aromatic heterocycles. The number of anilines is 1. The summed E-state index contributed by atoms with van der Waals surface area (Å²) < 4.78 is 6.53. The highest BCUT2D eigenvalue weighted by Gasteiger charge is 2.40. The third kappa shape index (κ3) is 2.26. The summed E-state index contributed by atoms with van der Waals surface area (Å²) in [7, 11) is 0. The Labute approximate surface area is 163 Å². The number of ether oxygens (including phenoxy) is 1. The van der Waals surface area contributed by atoms with Gasteiger partial charge in [-0.3, -0.25) is 5.10 Å². The molecule has 140 valence electrons. The van der Waals surface area contributed by atoms with E-state index in [0.717, 1.165) is 45.5 Å². The number of hydrogen-bond acceptors (Lipinski definition) is 4. The van der Waals surface area contributed by atoms with Crippen LogP contribution in [0.2, 0.25) is 0 Å². The highest BCUT2D eigenvalue weighted by molar-refractivity contribution is 6.04. The minimum absolute atomic E-state index is 0.519. The number of aryl methyl sites for hydroxylation is 1. The molecule has 0 bridgehead atoms. The topological polar surface area (TPSA) is 76.8 Å². The average molecular weight is 370 g/mol. The summed E-state index contributed by atoms with van der Waals surface area (Å²) in [6.07, 6.45) is 0.804. The van der Waals surface area contributed by atoms with Crippen molar-refractivity contribution in [3.8, 4) is 28.1 Å². The number of rotatable bonds is 2. The van der Waals surface area contributed by atoms with Crippen LogP contribution in [0, 0.1) is 6.92 Å². The average Bonchev–Trinajstić information content (AvgIpc) is 3.08. The molecule has 0 saturated heterocycles. The predicted molar refractivity (Wildman–Crippen MR) is 112 cm³/mol. The molecule has 3 N–H and O–H groups in total. The van der Waals surface area contributed by atoms with Crippen molar-refractivity contribution in [1.82, 2.24) is 15.2 Å². The van der Waals surface area contributed by atoms with Crippen LogP contribution < -0.4 is 10.5 Å². The fraction of sp³-hybridized carbons (Fsp3) is 0.217. The van der Waals surface area contributed by atoms with Gasteiger partial charge in [-0.2, -0.15) is 5.10 Å². The molecule has 1 unspecified atom stereocenters. The smallest absolute Gasteiger partial charge is 0.184 e. The molecular weight excluding hydrogens is 348 g/mol. The summed E-state index contributed by atoms with van der Waals surface area (Å²) in [5.74, 6) is 1.38. The maximum atomic E-state index is 6.53. The number of para-hydroxylation sites is 1. The van der Waals surface area contributed by atoms with Crippen LogP contribution in [-0.4, -0.2) is 15.2 Å². The number of nitrogens with two attached hydrogens (primary N) is 1. The van der Waals surface area contributed by atoms with E-state index >= 15 is 0 Å². The van der Waals surface area contributed by atoms with Crippen LogP contribution in [0.3, 0.4) is 0 Å². The zero-order valence-corrected chi connectivity index (χ0v) is 16.2. The lowest BCUT2D eigenvalue weighted by Gasteiger charge is -2.38. The SMILES string of the molecule is CCC1(C)Oc2ccccc2-c2nc3n[nH]c(N)c3c(-c3ccc(C)cc3)c21. The Kier molecular flexibility index (Phi) is 3.50. The Hall–Kier alpha value is -3.34. The lowest BCUT2D eigenvalue weighted by atomic mass is 9.80. The molecule has 0 aliphatic carbocycles. The number of nitrogens with zero attached hydrogens (tertiary/aromatic N) is 2. The second-order valence-corrected chi connectivity index (χ2v) is 7.59. The van der Waals surface area contributed by atoms with Gasteiger partial charge in [0.1, 0.15) is 17.2 Å². The molecule has 0 spiro atoms. The third-order valence-corrected chi connectivity index (χ3v) is 5.75. The molecule has 28 heavy (non-hydrogen) atoms. The van der Waals surface area contributed by atoms with Crippen LogP contribution in [0.5, 0.6) is 5.75 Å². The zero-order valence-electron chi connectivity index (χ0n) is 16.2. The van der Waals surface area contributed by atoms with Crippen LogP contribution in [0.15, 0.2) is 48.5 Å².